The van der Waals surface area contributed by atoms with E-state index in [0.717, 1.165) is 12.5 Å². The monoisotopic (exact) mass is 311 g/mol. The molecule has 1 aliphatic carbocycles. The van der Waals surface area contributed by atoms with Gasteiger partial charge in [-0.2, -0.15) is 0 Å². The van der Waals surface area contributed by atoms with Gasteiger partial charge in [-0.1, -0.05) is 29.8 Å². The Morgan fingerprint density at radius 2 is 2.14 bits per heavy atom. The number of allylic oxidation sites excluding steroid dienone is 2. The van der Waals surface area contributed by atoms with Crippen LogP contribution in [0, 0.1) is 11.7 Å². The van der Waals surface area contributed by atoms with Gasteiger partial charge in [-0.3, -0.25) is 4.79 Å². The summed E-state index contributed by atoms with van der Waals surface area (Å²) in [6.45, 7) is 0. The van der Waals surface area contributed by atoms with Crippen molar-refractivity contribution in [2.75, 3.05) is 0 Å². The van der Waals surface area contributed by atoms with Gasteiger partial charge in [0.1, 0.15) is 5.82 Å². The summed E-state index contributed by atoms with van der Waals surface area (Å²) in [6.07, 6.45) is 5.97. The third-order valence-electron chi connectivity index (χ3n) is 3.45. The molecule has 0 aromatic heterocycles. The number of carboxylic acid groups (broad SMARTS) is 1. The number of carbonyl (C=O) groups is 2. The highest BCUT2D eigenvalue weighted by Crippen LogP contribution is 2.23. The third-order valence-corrected chi connectivity index (χ3v) is 3.76. The van der Waals surface area contributed by atoms with Crippen LogP contribution in [0.4, 0.5) is 4.39 Å². The maximum Gasteiger partial charge on any atom is 0.330 e. The summed E-state index contributed by atoms with van der Waals surface area (Å²) in [6, 6.07) is 2.42. The standard InChI is InChI=1S/C15H15ClFNO3/c16-11-7-6-10(8-12(11)17)13(15(20)21)18-14(19)9-4-2-1-3-5-9/h1-2,6-9,13H,3-5H2,(H,18,19)(H,20,21). The molecule has 2 atom stereocenters. The Morgan fingerprint density at radius 3 is 2.71 bits per heavy atom. The number of hydrogen-bond donors (Lipinski definition) is 2. The Bertz CT molecular complexity index is 588. The van der Waals surface area contributed by atoms with E-state index in [1.165, 1.54) is 12.1 Å². The molecule has 1 aromatic rings. The molecule has 6 heteroatoms. The van der Waals surface area contributed by atoms with Crippen LogP contribution >= 0.6 is 11.6 Å². The summed E-state index contributed by atoms with van der Waals surface area (Å²) in [5, 5.41) is 11.6. The van der Waals surface area contributed by atoms with Crippen molar-refractivity contribution < 1.29 is 19.1 Å². The van der Waals surface area contributed by atoms with Crippen LogP contribution in [0.2, 0.25) is 5.02 Å². The van der Waals surface area contributed by atoms with Gasteiger partial charge in [0.25, 0.3) is 0 Å². The minimum Gasteiger partial charge on any atom is -0.479 e. The first-order chi connectivity index (χ1) is 9.99. The fourth-order valence-electron chi connectivity index (χ4n) is 2.27. The molecular formula is C15H15ClFNO3. The second kappa shape index (κ2) is 6.72. The van der Waals surface area contributed by atoms with Crippen molar-refractivity contribution in [1.29, 1.82) is 0 Å². The van der Waals surface area contributed by atoms with E-state index in [-0.39, 0.29) is 22.4 Å². The zero-order valence-corrected chi connectivity index (χ0v) is 11.9. The summed E-state index contributed by atoms with van der Waals surface area (Å²) < 4.78 is 13.4. The van der Waals surface area contributed by atoms with Gasteiger partial charge in [-0.25, -0.2) is 9.18 Å². The normalized spacial score (nSPS) is 19.0. The lowest BCUT2D eigenvalue weighted by atomic mass is 9.93. The highest BCUT2D eigenvalue weighted by molar-refractivity contribution is 6.30. The van der Waals surface area contributed by atoms with E-state index < -0.39 is 17.8 Å². The Kier molecular flexibility index (Phi) is 4.96. The van der Waals surface area contributed by atoms with Gasteiger partial charge in [0.05, 0.1) is 5.02 Å². The number of hydrogen-bond acceptors (Lipinski definition) is 2. The predicted octanol–water partition coefficient (Wildman–Crippen LogP) is 3.08. The second-order valence-electron chi connectivity index (χ2n) is 4.93. The van der Waals surface area contributed by atoms with Gasteiger partial charge in [0, 0.05) is 5.92 Å². The van der Waals surface area contributed by atoms with E-state index in [9.17, 15) is 19.1 Å². The molecule has 0 radical (unpaired) electrons. The van der Waals surface area contributed by atoms with Crippen molar-refractivity contribution in [3.8, 4) is 0 Å². The zero-order valence-electron chi connectivity index (χ0n) is 11.2. The topological polar surface area (TPSA) is 66.4 Å². The van der Waals surface area contributed by atoms with Gasteiger partial charge < -0.3 is 10.4 Å². The lowest BCUT2D eigenvalue weighted by molar-refractivity contribution is -0.142. The van der Waals surface area contributed by atoms with Crippen molar-refractivity contribution in [2.45, 2.75) is 25.3 Å². The second-order valence-corrected chi connectivity index (χ2v) is 5.34. The van der Waals surface area contributed by atoms with Crippen molar-refractivity contribution in [3.05, 3.63) is 46.8 Å². The maximum absolute atomic E-state index is 13.4. The summed E-state index contributed by atoms with van der Waals surface area (Å²) in [5.74, 6) is -2.53. The molecule has 1 aliphatic rings. The van der Waals surface area contributed by atoms with E-state index in [0.29, 0.717) is 12.8 Å². The molecule has 0 fully saturated rings. The maximum atomic E-state index is 13.4. The van der Waals surface area contributed by atoms with Crippen LogP contribution in [-0.4, -0.2) is 17.0 Å². The number of carbonyl (C=O) groups excluding carboxylic acids is 1. The van der Waals surface area contributed by atoms with Crippen molar-refractivity contribution in [1.82, 2.24) is 5.32 Å². The van der Waals surface area contributed by atoms with Crippen molar-refractivity contribution >= 4 is 23.5 Å². The number of amides is 1. The fraction of sp³-hybridized carbons (Fsp3) is 0.333. The molecule has 0 bridgehead atoms. The quantitative estimate of drug-likeness (QED) is 0.840. The molecule has 0 saturated heterocycles. The van der Waals surface area contributed by atoms with Gasteiger partial charge in [-0.05, 0) is 37.0 Å². The Morgan fingerprint density at radius 1 is 1.38 bits per heavy atom. The minimum atomic E-state index is -1.28. The van der Waals surface area contributed by atoms with E-state index >= 15 is 0 Å². The Labute approximate surface area is 126 Å². The molecule has 1 amide bonds. The van der Waals surface area contributed by atoms with E-state index in [1.807, 2.05) is 12.2 Å². The van der Waals surface area contributed by atoms with Crippen LogP contribution < -0.4 is 5.32 Å². The van der Waals surface area contributed by atoms with Crippen LogP contribution in [0.5, 0.6) is 0 Å². The van der Waals surface area contributed by atoms with Gasteiger partial charge >= 0.3 is 5.97 Å². The molecular weight excluding hydrogens is 297 g/mol. The molecule has 0 spiro atoms. The van der Waals surface area contributed by atoms with E-state index in [4.69, 9.17) is 11.6 Å². The smallest absolute Gasteiger partial charge is 0.330 e. The summed E-state index contributed by atoms with van der Waals surface area (Å²) in [7, 11) is 0. The molecule has 2 unspecified atom stereocenters. The molecule has 112 valence electrons. The Hall–Kier alpha value is -1.88. The predicted molar refractivity (Wildman–Crippen MR) is 76.4 cm³/mol. The van der Waals surface area contributed by atoms with Gasteiger partial charge in [0.15, 0.2) is 6.04 Å². The first-order valence-electron chi connectivity index (χ1n) is 6.62. The number of halogens is 2. The summed E-state index contributed by atoms with van der Waals surface area (Å²) in [5.41, 5.74) is 0.157. The average molecular weight is 312 g/mol. The number of aliphatic carboxylic acids is 1. The largest absolute Gasteiger partial charge is 0.479 e. The summed E-state index contributed by atoms with van der Waals surface area (Å²) >= 11 is 5.58. The lowest BCUT2D eigenvalue weighted by Gasteiger charge is -2.21. The lowest BCUT2D eigenvalue weighted by Crippen LogP contribution is -2.38. The van der Waals surface area contributed by atoms with Crippen LogP contribution in [0.3, 0.4) is 0 Å². The van der Waals surface area contributed by atoms with Crippen molar-refractivity contribution in [3.63, 3.8) is 0 Å². The number of benzene rings is 1. The SMILES string of the molecule is O=C(NC(C(=O)O)c1ccc(Cl)c(F)c1)C1CC=CCC1. The average Bonchev–Trinajstić information content (AvgIpc) is 2.48. The van der Waals surface area contributed by atoms with Crippen LogP contribution in [0.1, 0.15) is 30.9 Å². The van der Waals surface area contributed by atoms with Gasteiger partial charge in [0.2, 0.25) is 5.91 Å². The molecule has 4 nitrogen and oxygen atoms in total. The zero-order chi connectivity index (χ0) is 15.4. The minimum absolute atomic E-state index is 0.0911. The molecule has 21 heavy (non-hydrogen) atoms. The third kappa shape index (κ3) is 3.82. The number of carboxylic acids is 1. The van der Waals surface area contributed by atoms with Crippen LogP contribution in [0.25, 0.3) is 0 Å². The van der Waals surface area contributed by atoms with E-state index in [2.05, 4.69) is 5.32 Å². The summed E-state index contributed by atoms with van der Waals surface area (Å²) in [4.78, 5) is 23.4. The fourth-order valence-corrected chi connectivity index (χ4v) is 2.39. The first kappa shape index (κ1) is 15.5. The number of rotatable bonds is 4. The molecule has 0 aliphatic heterocycles. The highest BCUT2D eigenvalue weighted by Gasteiger charge is 2.27. The molecule has 2 rings (SSSR count). The molecule has 1 aromatic carbocycles. The first-order valence-corrected chi connectivity index (χ1v) is 7.00. The number of nitrogens with one attached hydrogen (secondary N) is 1. The highest BCUT2D eigenvalue weighted by atomic mass is 35.5. The molecule has 0 heterocycles. The molecule has 0 saturated carbocycles. The van der Waals surface area contributed by atoms with Crippen LogP contribution in [0.15, 0.2) is 30.4 Å². The molecule has 2 N–H and O–H groups in total. The van der Waals surface area contributed by atoms with Crippen molar-refractivity contribution in [2.24, 2.45) is 5.92 Å². The van der Waals surface area contributed by atoms with Crippen LogP contribution in [-0.2, 0) is 9.59 Å². The van der Waals surface area contributed by atoms with E-state index in [1.54, 1.807) is 0 Å². The van der Waals surface area contributed by atoms with Gasteiger partial charge in [-0.15, -0.1) is 0 Å². The Balaban J connectivity index is 2.15.